The Morgan fingerprint density at radius 1 is 1.38 bits per heavy atom. The van der Waals surface area contributed by atoms with Crippen LogP contribution in [0.5, 0.6) is 0 Å². The third-order valence-corrected chi connectivity index (χ3v) is 5.78. The van der Waals surface area contributed by atoms with Gasteiger partial charge in [0.2, 0.25) is 0 Å². The number of hydrogen-bond acceptors (Lipinski definition) is 4. The molecule has 6 nitrogen and oxygen atoms in total. The number of likely N-dealkylation sites (tertiary alicyclic amines) is 1. The van der Waals surface area contributed by atoms with E-state index in [-0.39, 0.29) is 24.4 Å². The molecule has 0 saturated carbocycles. The predicted molar refractivity (Wildman–Crippen MR) is 107 cm³/mol. The zero-order valence-corrected chi connectivity index (χ0v) is 16.9. The number of fused-ring (bicyclic) bond motifs is 2. The number of aromatic amines is 1. The number of nitrogens with one attached hydrogen (secondary N) is 1. The molecule has 1 aromatic carbocycles. The maximum Gasteiger partial charge on any atom is 0.410 e. The number of nitrogens with zero attached hydrogens (tertiary/aromatic N) is 2. The lowest BCUT2D eigenvalue weighted by atomic mass is 9.60. The molecule has 29 heavy (non-hydrogen) atoms. The molecule has 154 valence electrons. The van der Waals surface area contributed by atoms with E-state index in [4.69, 9.17) is 4.74 Å². The number of aromatic nitrogens is 2. The molecule has 0 bridgehead atoms. The zero-order valence-electron chi connectivity index (χ0n) is 16.9. The van der Waals surface area contributed by atoms with E-state index >= 15 is 0 Å². The van der Waals surface area contributed by atoms with Crippen LogP contribution in [0.3, 0.4) is 0 Å². The number of hydrogen-bond donors (Lipinski definition) is 2. The van der Waals surface area contributed by atoms with Gasteiger partial charge >= 0.3 is 6.09 Å². The number of H-pyrrole nitrogens is 1. The average molecular weight is 399 g/mol. The topological polar surface area (TPSA) is 78.5 Å². The van der Waals surface area contributed by atoms with E-state index in [1.165, 1.54) is 12.1 Å². The van der Waals surface area contributed by atoms with Gasteiger partial charge in [-0.05, 0) is 51.0 Å². The van der Waals surface area contributed by atoms with Crippen molar-refractivity contribution in [3.05, 3.63) is 58.7 Å². The summed E-state index contributed by atoms with van der Waals surface area (Å²) in [5.41, 5.74) is 2.44. The molecule has 2 aromatic rings. The lowest BCUT2D eigenvalue weighted by Crippen LogP contribution is -2.53. The van der Waals surface area contributed by atoms with Gasteiger partial charge in [-0.15, -0.1) is 0 Å². The molecule has 0 spiro atoms. The Morgan fingerprint density at radius 2 is 2.10 bits per heavy atom. The number of amides is 1. The molecule has 4 rings (SSSR count). The number of carbonyl (C=O) groups excluding carboxylic acids is 1. The summed E-state index contributed by atoms with van der Waals surface area (Å²) < 4.78 is 19.2. The summed E-state index contributed by atoms with van der Waals surface area (Å²) in [4.78, 5) is 14.4. The number of aliphatic hydroxyl groups excluding tert-OH is 1. The quantitative estimate of drug-likeness (QED) is 0.807. The number of benzene rings is 1. The number of aliphatic hydroxyl groups is 1. The number of halogens is 1. The number of carbonyl (C=O) groups is 1. The van der Waals surface area contributed by atoms with Crippen molar-refractivity contribution in [1.82, 2.24) is 15.1 Å². The lowest BCUT2D eigenvalue weighted by Gasteiger charge is -2.50. The fraction of sp³-hybridized carbons (Fsp3) is 0.455. The minimum absolute atomic E-state index is 0.148. The smallest absolute Gasteiger partial charge is 0.410 e. The van der Waals surface area contributed by atoms with Gasteiger partial charge in [-0.25, -0.2) is 9.18 Å². The van der Waals surface area contributed by atoms with Crippen molar-refractivity contribution in [1.29, 1.82) is 0 Å². The Balaban J connectivity index is 1.78. The zero-order chi connectivity index (χ0) is 20.8. The van der Waals surface area contributed by atoms with Crippen LogP contribution in [0.2, 0.25) is 0 Å². The molecule has 1 saturated heterocycles. The molecule has 0 radical (unpaired) electrons. The first kappa shape index (κ1) is 19.6. The maximum absolute atomic E-state index is 13.6. The molecule has 1 aliphatic heterocycles. The second-order valence-corrected chi connectivity index (χ2v) is 8.86. The van der Waals surface area contributed by atoms with E-state index in [0.29, 0.717) is 19.5 Å². The molecule has 2 atom stereocenters. The second kappa shape index (κ2) is 6.99. The summed E-state index contributed by atoms with van der Waals surface area (Å²) in [7, 11) is 0. The van der Waals surface area contributed by atoms with Gasteiger partial charge in [0.1, 0.15) is 11.4 Å². The van der Waals surface area contributed by atoms with Gasteiger partial charge in [0.05, 0.1) is 18.5 Å². The molecule has 1 aromatic heterocycles. The molecule has 2 aliphatic rings. The van der Waals surface area contributed by atoms with E-state index < -0.39 is 11.0 Å². The molecular weight excluding hydrogens is 373 g/mol. The number of piperidine rings is 1. The van der Waals surface area contributed by atoms with Gasteiger partial charge in [-0.2, -0.15) is 5.10 Å². The normalized spacial score (nSPS) is 23.8. The van der Waals surface area contributed by atoms with Crippen LogP contribution in [-0.2, 0) is 4.74 Å². The summed E-state index contributed by atoms with van der Waals surface area (Å²) in [6.45, 7) is 6.19. The summed E-state index contributed by atoms with van der Waals surface area (Å²) in [5, 5.41) is 17.8. The minimum Gasteiger partial charge on any atom is -0.444 e. The van der Waals surface area contributed by atoms with Gasteiger partial charge in [-0.3, -0.25) is 5.10 Å². The maximum atomic E-state index is 13.6. The average Bonchev–Trinajstić information content (AvgIpc) is 3.12. The molecule has 7 heteroatoms. The molecule has 1 unspecified atom stereocenters. The van der Waals surface area contributed by atoms with Crippen LogP contribution in [0.15, 0.2) is 36.0 Å². The Bertz CT molecular complexity index is 945. The van der Waals surface area contributed by atoms with Crippen LogP contribution in [0, 0.1) is 11.2 Å². The number of ether oxygens (including phenoxy) is 1. The Labute approximate surface area is 169 Å². The highest BCUT2D eigenvalue weighted by Gasteiger charge is 2.51. The van der Waals surface area contributed by atoms with Crippen molar-refractivity contribution in [3.8, 4) is 0 Å². The van der Waals surface area contributed by atoms with Gasteiger partial charge in [-0.1, -0.05) is 17.7 Å². The van der Waals surface area contributed by atoms with Crippen molar-refractivity contribution in [3.63, 3.8) is 0 Å². The van der Waals surface area contributed by atoms with Gasteiger partial charge in [0.15, 0.2) is 0 Å². The third-order valence-electron chi connectivity index (χ3n) is 5.78. The first-order valence-electron chi connectivity index (χ1n) is 9.82. The summed E-state index contributed by atoms with van der Waals surface area (Å²) >= 11 is 0. The lowest BCUT2D eigenvalue weighted by molar-refractivity contribution is 0.00287. The van der Waals surface area contributed by atoms with E-state index in [9.17, 15) is 14.3 Å². The SMILES string of the molecule is CC(C)(C)OC(=O)N1CCC2=Cc3[nH]ncc3C(c3ccc(F)cc3)[C@]2(CO)C1. The van der Waals surface area contributed by atoms with Crippen molar-refractivity contribution < 1.29 is 19.0 Å². The van der Waals surface area contributed by atoms with Gasteiger partial charge in [0.25, 0.3) is 0 Å². The van der Waals surface area contributed by atoms with Crippen LogP contribution in [0.25, 0.3) is 6.08 Å². The molecular formula is C22H26FN3O3. The van der Waals surface area contributed by atoms with Crippen molar-refractivity contribution in [2.24, 2.45) is 5.41 Å². The molecule has 2 heterocycles. The second-order valence-electron chi connectivity index (χ2n) is 8.86. The fourth-order valence-electron chi connectivity index (χ4n) is 4.52. The Hall–Kier alpha value is -2.67. The first-order valence-corrected chi connectivity index (χ1v) is 9.82. The highest BCUT2D eigenvalue weighted by atomic mass is 19.1. The van der Waals surface area contributed by atoms with E-state index in [1.807, 2.05) is 26.8 Å². The highest BCUT2D eigenvalue weighted by Crippen LogP contribution is 2.53. The van der Waals surface area contributed by atoms with Gasteiger partial charge in [0, 0.05) is 30.0 Å². The van der Waals surface area contributed by atoms with E-state index in [2.05, 4.69) is 10.2 Å². The summed E-state index contributed by atoms with van der Waals surface area (Å²) in [5.74, 6) is -0.572. The predicted octanol–water partition coefficient (Wildman–Crippen LogP) is 3.70. The minimum atomic E-state index is -0.718. The Kier molecular flexibility index (Phi) is 4.73. The van der Waals surface area contributed by atoms with Crippen LogP contribution >= 0.6 is 0 Å². The van der Waals surface area contributed by atoms with Crippen molar-refractivity contribution in [2.75, 3.05) is 19.7 Å². The largest absolute Gasteiger partial charge is 0.444 e. The molecule has 1 fully saturated rings. The van der Waals surface area contributed by atoms with Crippen LogP contribution in [0.1, 0.15) is 49.9 Å². The van der Waals surface area contributed by atoms with Crippen LogP contribution in [0.4, 0.5) is 9.18 Å². The summed E-state index contributed by atoms with van der Waals surface area (Å²) in [6.07, 6.45) is 4.02. The monoisotopic (exact) mass is 399 g/mol. The molecule has 1 aliphatic carbocycles. The van der Waals surface area contributed by atoms with E-state index in [0.717, 1.165) is 22.4 Å². The van der Waals surface area contributed by atoms with Crippen molar-refractivity contribution >= 4 is 12.2 Å². The van der Waals surface area contributed by atoms with E-state index in [1.54, 1.807) is 23.2 Å². The third kappa shape index (κ3) is 3.44. The van der Waals surface area contributed by atoms with Crippen LogP contribution < -0.4 is 0 Å². The highest BCUT2D eigenvalue weighted by molar-refractivity contribution is 5.70. The molecule has 2 N–H and O–H groups in total. The van der Waals surface area contributed by atoms with Crippen LogP contribution in [-0.4, -0.2) is 51.6 Å². The number of rotatable bonds is 2. The first-order chi connectivity index (χ1) is 13.7. The van der Waals surface area contributed by atoms with Gasteiger partial charge < -0.3 is 14.7 Å². The molecule has 1 amide bonds. The van der Waals surface area contributed by atoms with Crippen molar-refractivity contribution in [2.45, 2.75) is 38.7 Å². The summed E-state index contributed by atoms with van der Waals surface area (Å²) in [6, 6.07) is 6.33. The Morgan fingerprint density at radius 3 is 2.76 bits per heavy atom. The fourth-order valence-corrected chi connectivity index (χ4v) is 4.52. The standard InChI is InChI=1S/C22H26FN3O3/c1-21(2,3)29-20(28)26-9-8-15-10-18-17(11-24-25-18)19(22(15,12-26)13-27)14-4-6-16(23)7-5-14/h4-7,10-11,19,27H,8-9,12-13H2,1-3H3,(H,24,25)/t19?,22-/m0/s1.